The Morgan fingerprint density at radius 1 is 1.28 bits per heavy atom. The van der Waals surface area contributed by atoms with Crippen LogP contribution in [-0.4, -0.2) is 11.0 Å². The van der Waals surface area contributed by atoms with E-state index in [1.54, 1.807) is 0 Å². The monoisotopic (exact) mass is 240 g/mol. The fourth-order valence-electron chi connectivity index (χ4n) is 4.53. The van der Waals surface area contributed by atoms with E-state index in [4.69, 9.17) is 0 Å². The zero-order valence-electron chi connectivity index (χ0n) is 10.6. The van der Waals surface area contributed by atoms with E-state index < -0.39 is 0 Å². The first-order chi connectivity index (χ1) is 8.92. The van der Waals surface area contributed by atoms with E-state index in [0.29, 0.717) is 0 Å². The van der Waals surface area contributed by atoms with Gasteiger partial charge in [-0.2, -0.15) is 0 Å². The van der Waals surface area contributed by atoms with Crippen molar-refractivity contribution in [2.75, 3.05) is 0 Å². The maximum absolute atomic E-state index is 4.18. The number of hydrogen-bond donors (Lipinski definition) is 1. The molecule has 3 aliphatic rings. The van der Waals surface area contributed by atoms with Gasteiger partial charge in [0.05, 0.1) is 0 Å². The Morgan fingerprint density at radius 2 is 2.28 bits per heavy atom. The molecule has 2 fully saturated rings. The summed E-state index contributed by atoms with van der Waals surface area (Å²) < 4.78 is 0. The smallest absolute Gasteiger partial charge is 0.0312 e. The molecule has 94 valence electrons. The van der Waals surface area contributed by atoms with Crippen molar-refractivity contribution in [3.05, 3.63) is 42.2 Å². The Kier molecular flexibility index (Phi) is 2.51. The average molecular weight is 240 g/mol. The summed E-state index contributed by atoms with van der Waals surface area (Å²) in [6.07, 6.45) is 12.9. The van der Waals surface area contributed by atoms with Gasteiger partial charge in [-0.1, -0.05) is 18.2 Å². The van der Waals surface area contributed by atoms with Crippen molar-refractivity contribution >= 4 is 0 Å². The van der Waals surface area contributed by atoms with Gasteiger partial charge in [-0.3, -0.25) is 4.98 Å². The maximum Gasteiger partial charge on any atom is 0.0312 e. The summed E-state index contributed by atoms with van der Waals surface area (Å²) in [6, 6.07) is 4.91. The second-order valence-corrected chi connectivity index (χ2v) is 6.15. The van der Waals surface area contributed by atoms with Gasteiger partial charge in [-0.05, 0) is 54.6 Å². The molecule has 0 aromatic carbocycles. The van der Waals surface area contributed by atoms with E-state index >= 15 is 0 Å². The first-order valence-electron chi connectivity index (χ1n) is 7.21. The van der Waals surface area contributed by atoms with Crippen molar-refractivity contribution < 1.29 is 0 Å². The summed E-state index contributed by atoms with van der Waals surface area (Å²) in [5, 5.41) is 3.77. The molecule has 0 spiro atoms. The topological polar surface area (TPSA) is 24.9 Å². The number of pyridine rings is 1. The van der Waals surface area contributed by atoms with Crippen LogP contribution in [0.2, 0.25) is 0 Å². The van der Waals surface area contributed by atoms with E-state index in [0.717, 1.165) is 36.3 Å². The molecule has 0 amide bonds. The van der Waals surface area contributed by atoms with Crippen LogP contribution in [0.5, 0.6) is 0 Å². The van der Waals surface area contributed by atoms with Gasteiger partial charge in [0, 0.05) is 25.0 Å². The highest BCUT2D eigenvalue weighted by atomic mass is 14.9. The molecule has 4 rings (SSSR count). The third kappa shape index (κ3) is 1.63. The number of allylic oxidation sites excluding steroid dienone is 2. The molecule has 0 unspecified atom stereocenters. The lowest BCUT2D eigenvalue weighted by molar-refractivity contribution is 0.230. The van der Waals surface area contributed by atoms with Crippen molar-refractivity contribution in [2.45, 2.75) is 31.8 Å². The minimum Gasteiger partial charge on any atom is -0.310 e. The molecule has 18 heavy (non-hydrogen) atoms. The number of fused-ring (bicyclic) bond motifs is 5. The molecule has 3 aliphatic carbocycles. The third-order valence-corrected chi connectivity index (χ3v) is 5.30. The van der Waals surface area contributed by atoms with Crippen LogP contribution in [0.25, 0.3) is 0 Å². The van der Waals surface area contributed by atoms with Gasteiger partial charge in [0.15, 0.2) is 0 Å². The number of aromatic nitrogens is 1. The molecule has 1 N–H and O–H groups in total. The SMILES string of the molecule is C1=C[C@@H]2[C@H](C1)[C@H]1C[C@@H]2[C@H](NCc2cccnc2)C1. The minimum atomic E-state index is 0.735. The van der Waals surface area contributed by atoms with Gasteiger partial charge in [0.1, 0.15) is 0 Å². The Bertz CT molecular complexity index is 453. The van der Waals surface area contributed by atoms with Crippen molar-refractivity contribution in [1.29, 1.82) is 0 Å². The first-order valence-corrected chi connectivity index (χ1v) is 7.21. The number of nitrogens with zero attached hydrogens (tertiary/aromatic N) is 1. The fraction of sp³-hybridized carbons (Fsp3) is 0.562. The number of nitrogens with one attached hydrogen (secondary N) is 1. The lowest BCUT2D eigenvalue weighted by Crippen LogP contribution is -2.38. The molecular weight excluding hydrogens is 220 g/mol. The average Bonchev–Trinajstić information content (AvgIpc) is 3.09. The second kappa shape index (κ2) is 4.20. The van der Waals surface area contributed by atoms with Gasteiger partial charge >= 0.3 is 0 Å². The molecule has 2 saturated carbocycles. The van der Waals surface area contributed by atoms with Crippen LogP contribution in [0, 0.1) is 23.7 Å². The highest BCUT2D eigenvalue weighted by Crippen LogP contribution is 2.56. The van der Waals surface area contributed by atoms with Crippen molar-refractivity contribution in [3.63, 3.8) is 0 Å². The van der Waals surface area contributed by atoms with Crippen molar-refractivity contribution in [1.82, 2.24) is 10.3 Å². The normalized spacial score (nSPS) is 40.3. The summed E-state index contributed by atoms with van der Waals surface area (Å²) >= 11 is 0. The van der Waals surface area contributed by atoms with E-state index in [9.17, 15) is 0 Å². The Morgan fingerprint density at radius 3 is 3.17 bits per heavy atom. The Labute approximate surface area is 109 Å². The lowest BCUT2D eigenvalue weighted by Gasteiger charge is -2.31. The summed E-state index contributed by atoms with van der Waals surface area (Å²) in [4.78, 5) is 4.18. The van der Waals surface area contributed by atoms with Gasteiger partial charge in [-0.25, -0.2) is 0 Å². The maximum atomic E-state index is 4.18. The summed E-state index contributed by atoms with van der Waals surface area (Å²) in [7, 11) is 0. The zero-order valence-corrected chi connectivity index (χ0v) is 10.6. The van der Waals surface area contributed by atoms with E-state index in [-0.39, 0.29) is 0 Å². The molecule has 0 saturated heterocycles. The Balaban J connectivity index is 1.41. The second-order valence-electron chi connectivity index (χ2n) is 6.15. The van der Waals surface area contributed by atoms with Gasteiger partial charge in [0.25, 0.3) is 0 Å². The predicted molar refractivity (Wildman–Crippen MR) is 71.8 cm³/mol. The molecule has 1 aromatic rings. The van der Waals surface area contributed by atoms with Crippen LogP contribution in [-0.2, 0) is 6.54 Å². The van der Waals surface area contributed by atoms with Gasteiger partial charge < -0.3 is 5.32 Å². The molecule has 2 nitrogen and oxygen atoms in total. The van der Waals surface area contributed by atoms with Crippen LogP contribution in [0.4, 0.5) is 0 Å². The van der Waals surface area contributed by atoms with Crippen molar-refractivity contribution in [2.24, 2.45) is 23.7 Å². The Hall–Kier alpha value is -1.15. The largest absolute Gasteiger partial charge is 0.310 e. The van der Waals surface area contributed by atoms with Crippen LogP contribution in [0.3, 0.4) is 0 Å². The van der Waals surface area contributed by atoms with Crippen LogP contribution in [0.15, 0.2) is 36.7 Å². The zero-order chi connectivity index (χ0) is 11.9. The molecule has 2 heteroatoms. The predicted octanol–water partition coefficient (Wildman–Crippen LogP) is 2.77. The summed E-state index contributed by atoms with van der Waals surface area (Å²) in [5.74, 6) is 3.76. The van der Waals surface area contributed by atoms with Gasteiger partial charge in [-0.15, -0.1) is 0 Å². The summed E-state index contributed by atoms with van der Waals surface area (Å²) in [6.45, 7) is 0.975. The lowest BCUT2D eigenvalue weighted by atomic mass is 9.79. The number of hydrogen-bond acceptors (Lipinski definition) is 2. The quantitative estimate of drug-likeness (QED) is 0.822. The van der Waals surface area contributed by atoms with Crippen molar-refractivity contribution in [3.8, 4) is 0 Å². The summed E-state index contributed by atoms with van der Waals surface area (Å²) in [5.41, 5.74) is 1.30. The highest BCUT2D eigenvalue weighted by Gasteiger charge is 2.51. The van der Waals surface area contributed by atoms with E-state index in [1.807, 2.05) is 18.5 Å². The molecule has 1 heterocycles. The number of rotatable bonds is 3. The molecule has 2 bridgehead atoms. The third-order valence-electron chi connectivity index (χ3n) is 5.30. The standard InChI is InChI=1S/C16H20N2/c1-4-13-12-7-15(14(13)5-1)16(8-12)18-10-11-3-2-6-17-9-11/h1-3,5-6,9,12-16,18H,4,7-8,10H2/t12-,13+,14+,15-,16+/m0/s1. The molecule has 0 radical (unpaired) electrons. The molecule has 0 aliphatic heterocycles. The van der Waals surface area contributed by atoms with E-state index in [1.165, 1.54) is 24.8 Å². The van der Waals surface area contributed by atoms with Crippen LogP contribution in [0.1, 0.15) is 24.8 Å². The molecule has 5 atom stereocenters. The fourth-order valence-corrected chi connectivity index (χ4v) is 4.53. The van der Waals surface area contributed by atoms with Crippen LogP contribution >= 0.6 is 0 Å². The van der Waals surface area contributed by atoms with E-state index in [2.05, 4.69) is 28.5 Å². The highest BCUT2D eigenvalue weighted by molar-refractivity contribution is 5.16. The molecule has 1 aromatic heterocycles. The molecular formula is C16H20N2. The van der Waals surface area contributed by atoms with Gasteiger partial charge in [0.2, 0.25) is 0 Å². The van der Waals surface area contributed by atoms with Crippen LogP contribution < -0.4 is 5.32 Å². The first kappa shape index (κ1) is 10.7. The minimum absolute atomic E-state index is 0.735.